The summed E-state index contributed by atoms with van der Waals surface area (Å²) in [5.74, 6) is 1.10. The zero-order chi connectivity index (χ0) is 19.0. The zero-order valence-electron chi connectivity index (χ0n) is 14.2. The standard InChI is InChI=1S/C20H13Cl2NO4/c1-11-6-20(24)26-19-9-13(3-4-15(11)19)25-10-14-8-18(23-27-14)12-2-5-16(21)17(22)7-12/h2-9H,10H2,1H3. The third-order valence-corrected chi connectivity index (χ3v) is 4.82. The summed E-state index contributed by atoms with van der Waals surface area (Å²) in [6.45, 7) is 2.04. The van der Waals surface area contributed by atoms with Crippen LogP contribution in [0.2, 0.25) is 10.0 Å². The average Bonchev–Trinajstić information content (AvgIpc) is 3.11. The number of rotatable bonds is 4. The molecule has 0 atom stereocenters. The number of ether oxygens (including phenoxy) is 1. The lowest BCUT2D eigenvalue weighted by molar-refractivity contribution is 0.249. The predicted molar refractivity (Wildman–Crippen MR) is 104 cm³/mol. The van der Waals surface area contributed by atoms with Gasteiger partial charge in [-0.15, -0.1) is 0 Å². The van der Waals surface area contributed by atoms with E-state index in [-0.39, 0.29) is 6.61 Å². The molecule has 0 spiro atoms. The van der Waals surface area contributed by atoms with Crippen LogP contribution in [0.3, 0.4) is 0 Å². The van der Waals surface area contributed by atoms with Crippen molar-refractivity contribution < 1.29 is 13.7 Å². The molecule has 0 N–H and O–H groups in total. The Morgan fingerprint density at radius 3 is 2.70 bits per heavy atom. The highest BCUT2D eigenvalue weighted by Crippen LogP contribution is 2.29. The minimum Gasteiger partial charge on any atom is -0.485 e. The third-order valence-electron chi connectivity index (χ3n) is 4.08. The third kappa shape index (κ3) is 3.70. The number of aromatic nitrogens is 1. The monoisotopic (exact) mass is 401 g/mol. The van der Waals surface area contributed by atoms with E-state index in [4.69, 9.17) is 36.9 Å². The average molecular weight is 402 g/mol. The molecule has 0 saturated heterocycles. The van der Waals surface area contributed by atoms with Crippen molar-refractivity contribution in [3.05, 3.63) is 80.3 Å². The first-order chi connectivity index (χ1) is 13.0. The molecule has 2 heterocycles. The lowest BCUT2D eigenvalue weighted by Crippen LogP contribution is -1.98. The molecule has 27 heavy (non-hydrogen) atoms. The van der Waals surface area contributed by atoms with Gasteiger partial charge in [0.05, 0.1) is 10.0 Å². The van der Waals surface area contributed by atoms with E-state index >= 15 is 0 Å². The van der Waals surface area contributed by atoms with Crippen molar-refractivity contribution in [2.24, 2.45) is 0 Å². The Bertz CT molecular complexity index is 1200. The minimum absolute atomic E-state index is 0.176. The number of aryl methyl sites for hydroxylation is 1. The molecule has 0 saturated carbocycles. The second-order valence-electron chi connectivity index (χ2n) is 6.00. The topological polar surface area (TPSA) is 65.5 Å². The Morgan fingerprint density at radius 1 is 1.04 bits per heavy atom. The highest BCUT2D eigenvalue weighted by molar-refractivity contribution is 6.42. The smallest absolute Gasteiger partial charge is 0.336 e. The summed E-state index contributed by atoms with van der Waals surface area (Å²) >= 11 is 12.0. The van der Waals surface area contributed by atoms with Gasteiger partial charge in [0.15, 0.2) is 5.76 Å². The van der Waals surface area contributed by atoms with Gasteiger partial charge >= 0.3 is 5.63 Å². The van der Waals surface area contributed by atoms with Crippen LogP contribution in [-0.2, 0) is 6.61 Å². The summed E-state index contributed by atoms with van der Waals surface area (Å²) in [5, 5.41) is 5.82. The van der Waals surface area contributed by atoms with Crippen LogP contribution in [0.15, 0.2) is 62.3 Å². The maximum absolute atomic E-state index is 11.5. The van der Waals surface area contributed by atoms with Gasteiger partial charge in [0.2, 0.25) is 0 Å². The summed E-state index contributed by atoms with van der Waals surface area (Å²) in [4.78, 5) is 11.5. The van der Waals surface area contributed by atoms with E-state index in [1.807, 2.05) is 25.1 Å². The molecule has 0 radical (unpaired) electrons. The number of nitrogens with zero attached hydrogens (tertiary/aromatic N) is 1. The van der Waals surface area contributed by atoms with E-state index in [0.717, 1.165) is 16.5 Å². The van der Waals surface area contributed by atoms with Gasteiger partial charge in [0.1, 0.15) is 23.6 Å². The first-order valence-electron chi connectivity index (χ1n) is 8.08. The van der Waals surface area contributed by atoms with E-state index in [0.29, 0.717) is 32.8 Å². The fourth-order valence-electron chi connectivity index (χ4n) is 2.72. The van der Waals surface area contributed by atoms with Crippen molar-refractivity contribution in [3.63, 3.8) is 0 Å². The van der Waals surface area contributed by atoms with Gasteiger partial charge in [-0.1, -0.05) is 34.4 Å². The quantitative estimate of drug-likeness (QED) is 0.413. The predicted octanol–water partition coefficient (Wildman–Crippen LogP) is 5.64. The molecule has 0 amide bonds. The SMILES string of the molecule is Cc1cc(=O)oc2cc(OCc3cc(-c4ccc(Cl)c(Cl)c4)no3)ccc12. The zero-order valence-corrected chi connectivity index (χ0v) is 15.7. The molecule has 7 heteroatoms. The Hall–Kier alpha value is -2.76. The first kappa shape index (κ1) is 17.6. The normalized spacial score (nSPS) is 11.1. The minimum atomic E-state index is -0.390. The molecule has 5 nitrogen and oxygen atoms in total. The van der Waals surface area contributed by atoms with E-state index in [2.05, 4.69) is 5.16 Å². The molecule has 2 aromatic heterocycles. The maximum atomic E-state index is 11.5. The van der Waals surface area contributed by atoms with Crippen LogP contribution in [0.25, 0.3) is 22.2 Å². The van der Waals surface area contributed by atoms with E-state index in [9.17, 15) is 4.79 Å². The highest BCUT2D eigenvalue weighted by Gasteiger charge is 2.10. The summed E-state index contributed by atoms with van der Waals surface area (Å²) in [5.41, 5.74) is 2.37. The molecular weight excluding hydrogens is 389 g/mol. The molecular formula is C20H13Cl2NO4. The number of hydrogen-bond acceptors (Lipinski definition) is 5. The van der Waals surface area contributed by atoms with Crippen LogP contribution >= 0.6 is 23.2 Å². The molecule has 0 bridgehead atoms. The molecule has 0 aliphatic rings. The molecule has 2 aromatic carbocycles. The van der Waals surface area contributed by atoms with Gasteiger partial charge in [-0.05, 0) is 36.8 Å². The largest absolute Gasteiger partial charge is 0.485 e. The highest BCUT2D eigenvalue weighted by atomic mass is 35.5. The Labute approximate surface area is 164 Å². The Kier molecular flexibility index (Phi) is 4.64. The summed E-state index contributed by atoms with van der Waals surface area (Å²) < 4.78 is 16.3. The van der Waals surface area contributed by atoms with Gasteiger partial charge in [-0.2, -0.15) is 0 Å². The first-order valence-corrected chi connectivity index (χ1v) is 8.83. The van der Waals surface area contributed by atoms with E-state index < -0.39 is 5.63 Å². The molecule has 136 valence electrons. The lowest BCUT2D eigenvalue weighted by Gasteiger charge is -2.05. The van der Waals surface area contributed by atoms with E-state index in [1.165, 1.54) is 6.07 Å². The van der Waals surface area contributed by atoms with Crippen molar-refractivity contribution in [3.8, 4) is 17.0 Å². The fourth-order valence-corrected chi connectivity index (χ4v) is 3.02. The van der Waals surface area contributed by atoms with Crippen LogP contribution in [0, 0.1) is 6.92 Å². The van der Waals surface area contributed by atoms with Crippen molar-refractivity contribution in [1.82, 2.24) is 5.16 Å². The van der Waals surface area contributed by atoms with Crippen LogP contribution < -0.4 is 10.4 Å². The van der Waals surface area contributed by atoms with Crippen LogP contribution in [0.5, 0.6) is 5.75 Å². The summed E-state index contributed by atoms with van der Waals surface area (Å²) in [6, 6.07) is 13.8. The van der Waals surface area contributed by atoms with Crippen molar-refractivity contribution in [1.29, 1.82) is 0 Å². The van der Waals surface area contributed by atoms with Crippen LogP contribution in [0.1, 0.15) is 11.3 Å². The van der Waals surface area contributed by atoms with Crippen LogP contribution in [0.4, 0.5) is 0 Å². The van der Waals surface area contributed by atoms with Gasteiger partial charge in [-0.25, -0.2) is 4.79 Å². The fraction of sp³-hybridized carbons (Fsp3) is 0.100. The summed E-state index contributed by atoms with van der Waals surface area (Å²) in [7, 11) is 0. The van der Waals surface area contributed by atoms with Gasteiger partial charge in [0, 0.05) is 29.1 Å². The van der Waals surface area contributed by atoms with Crippen molar-refractivity contribution in [2.45, 2.75) is 13.5 Å². The van der Waals surface area contributed by atoms with Gasteiger partial charge in [0.25, 0.3) is 0 Å². The maximum Gasteiger partial charge on any atom is 0.336 e. The van der Waals surface area contributed by atoms with Crippen molar-refractivity contribution >= 4 is 34.2 Å². The molecule has 0 fully saturated rings. The van der Waals surface area contributed by atoms with Gasteiger partial charge in [-0.3, -0.25) is 0 Å². The van der Waals surface area contributed by atoms with E-state index in [1.54, 1.807) is 24.3 Å². The number of fused-ring (bicyclic) bond motifs is 1. The molecule has 4 rings (SSSR count). The molecule has 0 unspecified atom stereocenters. The second-order valence-corrected chi connectivity index (χ2v) is 6.82. The molecule has 0 aliphatic carbocycles. The Morgan fingerprint density at radius 2 is 1.89 bits per heavy atom. The lowest BCUT2D eigenvalue weighted by atomic mass is 10.1. The summed E-state index contributed by atoms with van der Waals surface area (Å²) in [6.07, 6.45) is 0. The molecule has 0 aliphatic heterocycles. The number of halogens is 2. The number of benzene rings is 2. The van der Waals surface area contributed by atoms with Crippen LogP contribution in [-0.4, -0.2) is 5.16 Å². The van der Waals surface area contributed by atoms with Crippen molar-refractivity contribution in [2.75, 3.05) is 0 Å². The Balaban J connectivity index is 1.52. The second kappa shape index (κ2) is 7.10. The van der Waals surface area contributed by atoms with Gasteiger partial charge < -0.3 is 13.7 Å². The molecule has 4 aromatic rings. The number of hydrogen-bond donors (Lipinski definition) is 0.